The number of amides is 2. The van der Waals surface area contributed by atoms with Gasteiger partial charge in [-0.15, -0.1) is 0 Å². The van der Waals surface area contributed by atoms with Gasteiger partial charge in [0.2, 0.25) is 11.7 Å². The molecule has 2 aromatic rings. The summed E-state index contributed by atoms with van der Waals surface area (Å²) >= 11 is 10.0. The molecule has 1 aromatic carbocycles. The summed E-state index contributed by atoms with van der Waals surface area (Å²) < 4.78 is 1.29. The van der Waals surface area contributed by atoms with E-state index in [-0.39, 0.29) is 46.8 Å². The van der Waals surface area contributed by atoms with Gasteiger partial charge in [0.05, 0.1) is 23.5 Å². The minimum atomic E-state index is -1.44. The summed E-state index contributed by atoms with van der Waals surface area (Å²) in [6, 6.07) is 3.25. The van der Waals surface area contributed by atoms with Crippen LogP contribution in [0.3, 0.4) is 0 Å². The number of hydrogen-bond donors (Lipinski definition) is 6. The number of halogens is 1. The molecular formula is C25H29ClN4O9S. The second kappa shape index (κ2) is 14.0. The van der Waals surface area contributed by atoms with Gasteiger partial charge in [-0.3, -0.25) is 33.7 Å². The highest BCUT2D eigenvalue weighted by Gasteiger charge is 2.35. The molecule has 0 aliphatic heterocycles. The van der Waals surface area contributed by atoms with Gasteiger partial charge >= 0.3 is 17.9 Å². The number of benzene rings is 1. The van der Waals surface area contributed by atoms with Crippen LogP contribution in [0, 0.1) is 6.92 Å². The van der Waals surface area contributed by atoms with Crippen molar-refractivity contribution in [3.8, 4) is 0 Å². The van der Waals surface area contributed by atoms with Gasteiger partial charge in [0, 0.05) is 35.4 Å². The van der Waals surface area contributed by atoms with Crippen LogP contribution >= 0.6 is 24.2 Å². The van der Waals surface area contributed by atoms with E-state index in [0.717, 1.165) is 4.90 Å². The topological polar surface area (TPSA) is 209 Å². The molecule has 15 heteroatoms. The maximum Gasteiger partial charge on any atom is 0.323 e. The molecule has 2 unspecified atom stereocenters. The molecule has 0 radical (unpaired) electrons. The third-order valence-electron chi connectivity index (χ3n) is 6.01. The number of carboxylic acids is 3. The highest BCUT2D eigenvalue weighted by molar-refractivity contribution is 7.80. The second-order valence-corrected chi connectivity index (χ2v) is 9.64. The second-order valence-electron chi connectivity index (χ2n) is 8.84. The van der Waals surface area contributed by atoms with Crippen molar-refractivity contribution in [3.63, 3.8) is 0 Å². The van der Waals surface area contributed by atoms with Gasteiger partial charge < -0.3 is 30.9 Å². The fourth-order valence-electron chi connectivity index (χ4n) is 4.09. The number of carbonyl (C=O) groups excluding carboxylic acids is 3. The highest BCUT2D eigenvalue weighted by atomic mass is 35.5. The summed E-state index contributed by atoms with van der Waals surface area (Å²) in [5.41, 5.74) is 5.67. The van der Waals surface area contributed by atoms with Gasteiger partial charge in [-0.25, -0.2) is 0 Å². The van der Waals surface area contributed by atoms with Crippen molar-refractivity contribution in [1.82, 2.24) is 9.88 Å². The van der Waals surface area contributed by atoms with Crippen LogP contribution in [0.5, 0.6) is 0 Å². The minimum absolute atomic E-state index is 0.0193. The first-order valence-corrected chi connectivity index (χ1v) is 12.8. The number of nitrogens with one attached hydrogen (secondary N) is 1. The predicted molar refractivity (Wildman–Crippen MR) is 147 cm³/mol. The Labute approximate surface area is 239 Å². The smallest absolute Gasteiger partial charge is 0.323 e. The van der Waals surface area contributed by atoms with Crippen LogP contribution in [0.25, 0.3) is 0 Å². The van der Waals surface area contributed by atoms with E-state index in [1.54, 1.807) is 0 Å². The molecule has 0 spiro atoms. The van der Waals surface area contributed by atoms with E-state index in [2.05, 4.69) is 17.9 Å². The fourth-order valence-corrected chi connectivity index (χ4v) is 4.46. The van der Waals surface area contributed by atoms with E-state index < -0.39 is 60.6 Å². The van der Waals surface area contributed by atoms with E-state index in [1.165, 1.54) is 42.8 Å². The molecule has 0 fully saturated rings. The van der Waals surface area contributed by atoms with Gasteiger partial charge in [-0.05, 0) is 37.6 Å². The Morgan fingerprint density at radius 2 is 1.68 bits per heavy atom. The Morgan fingerprint density at radius 3 is 2.17 bits per heavy atom. The Kier molecular flexibility index (Phi) is 11.3. The zero-order valence-corrected chi connectivity index (χ0v) is 23.2. The summed E-state index contributed by atoms with van der Waals surface area (Å²) in [6.07, 6.45) is -1.21. The molecule has 2 rings (SSSR count). The van der Waals surface area contributed by atoms with Gasteiger partial charge in [0.1, 0.15) is 18.6 Å². The maximum atomic E-state index is 13.6. The number of hydrogen-bond acceptors (Lipinski definition) is 8. The first-order valence-electron chi connectivity index (χ1n) is 11.8. The van der Waals surface area contributed by atoms with E-state index in [0.29, 0.717) is 5.02 Å². The van der Waals surface area contributed by atoms with Crippen LogP contribution in [0.2, 0.25) is 5.02 Å². The minimum Gasteiger partial charge on any atom is -0.481 e. The Morgan fingerprint density at radius 1 is 1.07 bits per heavy atom. The largest absolute Gasteiger partial charge is 0.481 e. The van der Waals surface area contributed by atoms with Gasteiger partial charge in [0.15, 0.2) is 0 Å². The van der Waals surface area contributed by atoms with E-state index in [9.17, 15) is 39.0 Å². The SMILES string of the molecule is Cc1c(N(CC(=O)O)C(=O)C(CS)NC(=O)CCC(N)C(=O)O)c(CC(=O)O)n(C)c1C(=O)c1ccc(Cl)cc1. The zero-order chi connectivity index (χ0) is 30.3. The molecule has 40 heavy (non-hydrogen) atoms. The van der Waals surface area contributed by atoms with Crippen LogP contribution in [0.4, 0.5) is 5.69 Å². The maximum absolute atomic E-state index is 13.6. The first kappa shape index (κ1) is 32.3. The van der Waals surface area contributed by atoms with Crippen LogP contribution in [0.1, 0.15) is 40.2 Å². The molecule has 0 bridgehead atoms. The lowest BCUT2D eigenvalue weighted by Crippen LogP contribution is -2.51. The highest BCUT2D eigenvalue weighted by Crippen LogP contribution is 2.33. The molecule has 0 saturated carbocycles. The average molecular weight is 597 g/mol. The van der Waals surface area contributed by atoms with E-state index in [1.807, 2.05) is 0 Å². The molecule has 13 nitrogen and oxygen atoms in total. The van der Waals surface area contributed by atoms with E-state index >= 15 is 0 Å². The van der Waals surface area contributed by atoms with Crippen molar-refractivity contribution < 1.29 is 44.1 Å². The first-order chi connectivity index (χ1) is 18.7. The fraction of sp³-hybridized carbons (Fsp3) is 0.360. The van der Waals surface area contributed by atoms with E-state index in [4.69, 9.17) is 22.4 Å². The van der Waals surface area contributed by atoms with Crippen molar-refractivity contribution in [2.24, 2.45) is 12.8 Å². The zero-order valence-electron chi connectivity index (χ0n) is 21.6. The summed E-state index contributed by atoms with van der Waals surface area (Å²) in [6.45, 7) is 0.530. The number of carbonyl (C=O) groups is 6. The number of rotatable bonds is 14. The number of ketones is 1. The Hall–Kier alpha value is -3.88. The molecule has 2 amide bonds. The molecule has 0 aliphatic rings. The molecule has 0 saturated heterocycles. The van der Waals surface area contributed by atoms with Crippen molar-refractivity contribution in [1.29, 1.82) is 0 Å². The number of nitrogens with zero attached hydrogens (tertiary/aromatic N) is 2. The molecule has 2 atom stereocenters. The lowest BCUT2D eigenvalue weighted by molar-refractivity contribution is -0.139. The van der Waals surface area contributed by atoms with Crippen molar-refractivity contribution in [2.75, 3.05) is 17.2 Å². The quantitative estimate of drug-likeness (QED) is 0.134. The van der Waals surface area contributed by atoms with Gasteiger partial charge in [-0.2, -0.15) is 12.6 Å². The molecule has 0 aliphatic carbocycles. The number of carboxylic acid groups (broad SMARTS) is 3. The third kappa shape index (κ3) is 7.83. The summed E-state index contributed by atoms with van der Waals surface area (Å²) in [7, 11) is 1.42. The van der Waals surface area contributed by atoms with Crippen LogP contribution in [-0.2, 0) is 37.4 Å². The number of aliphatic carboxylic acids is 3. The van der Waals surface area contributed by atoms with Crippen LogP contribution in [0.15, 0.2) is 24.3 Å². The average Bonchev–Trinajstić information content (AvgIpc) is 3.11. The third-order valence-corrected chi connectivity index (χ3v) is 6.63. The lowest BCUT2D eigenvalue weighted by Gasteiger charge is -2.27. The molecule has 6 N–H and O–H groups in total. The molecule has 1 heterocycles. The summed E-state index contributed by atoms with van der Waals surface area (Å²) in [4.78, 5) is 74.7. The Bertz CT molecular complexity index is 1330. The summed E-state index contributed by atoms with van der Waals surface area (Å²) in [5.74, 6) is -6.51. The molecule has 1 aromatic heterocycles. The van der Waals surface area contributed by atoms with Gasteiger partial charge in [-0.1, -0.05) is 11.6 Å². The number of aromatic nitrogens is 1. The van der Waals surface area contributed by atoms with Gasteiger partial charge in [0.25, 0.3) is 5.91 Å². The van der Waals surface area contributed by atoms with Crippen molar-refractivity contribution >= 4 is 65.4 Å². The van der Waals surface area contributed by atoms with Crippen LogP contribution < -0.4 is 16.0 Å². The number of nitrogens with two attached hydrogens (primary N) is 1. The number of thiol groups is 1. The predicted octanol–water partition coefficient (Wildman–Crippen LogP) is 0.869. The molecule has 216 valence electrons. The standard InChI is InChI=1S/C25H29ClN4O9S/c1-12-21(17(9-19(32)33)29(2)22(12)23(36)13-3-5-14(26)6-4-13)30(10-20(34)35)24(37)16(11-40)28-18(31)8-7-15(27)25(38)39/h3-6,15-16,40H,7-11,27H2,1-2H3,(H,28,31)(H,32,33)(H,34,35)(H,38,39). The lowest BCUT2D eigenvalue weighted by atomic mass is 10.0. The normalized spacial score (nSPS) is 12.3. The number of anilines is 1. The Balaban J connectivity index is 2.57. The molecular weight excluding hydrogens is 568 g/mol. The summed E-state index contributed by atoms with van der Waals surface area (Å²) in [5, 5.41) is 30.8. The monoisotopic (exact) mass is 596 g/mol. The van der Waals surface area contributed by atoms with Crippen LogP contribution in [-0.4, -0.2) is 79.8 Å². The van der Waals surface area contributed by atoms with Crippen molar-refractivity contribution in [2.45, 2.75) is 38.3 Å². The van der Waals surface area contributed by atoms with Crippen molar-refractivity contribution in [3.05, 3.63) is 51.8 Å².